The minimum Gasteiger partial charge on any atom is -0.369 e. The van der Waals surface area contributed by atoms with E-state index in [0.29, 0.717) is 5.56 Å². The fourth-order valence-corrected chi connectivity index (χ4v) is 2.64. The van der Waals surface area contributed by atoms with Gasteiger partial charge in [-0.2, -0.15) is 13.2 Å². The van der Waals surface area contributed by atoms with E-state index in [4.69, 9.17) is 0 Å². The summed E-state index contributed by atoms with van der Waals surface area (Å²) in [5, 5.41) is 0. The Labute approximate surface area is 118 Å². The number of nitrogens with zero attached hydrogens (tertiary/aromatic N) is 2. The van der Waals surface area contributed by atoms with E-state index in [-0.39, 0.29) is 0 Å². The Kier molecular flexibility index (Phi) is 4.28. The molecule has 0 bridgehead atoms. The maximum Gasteiger partial charge on any atom is 0.416 e. The summed E-state index contributed by atoms with van der Waals surface area (Å²) >= 11 is 0. The summed E-state index contributed by atoms with van der Waals surface area (Å²) in [6.45, 7) is 10.1. The molecule has 0 aromatic heterocycles. The number of rotatable bonds is 2. The SMILES string of the molecule is CCN1CCN(c2cc(C(F)(F)F)cc(C)c2C)CC1. The van der Waals surface area contributed by atoms with Gasteiger partial charge in [-0.3, -0.25) is 0 Å². The predicted molar refractivity (Wildman–Crippen MR) is 75.2 cm³/mol. The standard InChI is InChI=1S/C15H21F3N2/c1-4-19-5-7-20(8-6-19)14-10-13(15(16,17)18)9-11(2)12(14)3/h9-10H,4-8H2,1-3H3. The number of halogens is 3. The molecule has 20 heavy (non-hydrogen) atoms. The van der Waals surface area contributed by atoms with Crippen LogP contribution in [0.25, 0.3) is 0 Å². The van der Waals surface area contributed by atoms with Gasteiger partial charge in [0, 0.05) is 31.9 Å². The lowest BCUT2D eigenvalue weighted by atomic mass is 10.0. The zero-order valence-corrected chi connectivity index (χ0v) is 12.2. The fourth-order valence-electron chi connectivity index (χ4n) is 2.64. The number of hydrogen-bond donors (Lipinski definition) is 0. The van der Waals surface area contributed by atoms with Gasteiger partial charge < -0.3 is 9.80 Å². The van der Waals surface area contributed by atoms with Gasteiger partial charge in [-0.05, 0) is 43.7 Å². The van der Waals surface area contributed by atoms with E-state index in [1.54, 1.807) is 6.92 Å². The second kappa shape index (κ2) is 5.64. The highest BCUT2D eigenvalue weighted by atomic mass is 19.4. The third-order valence-electron chi connectivity index (χ3n) is 4.13. The molecular formula is C15H21F3N2. The minimum atomic E-state index is -4.28. The smallest absolute Gasteiger partial charge is 0.369 e. The molecule has 2 nitrogen and oxygen atoms in total. The highest BCUT2D eigenvalue weighted by molar-refractivity contribution is 5.59. The average Bonchev–Trinajstić information content (AvgIpc) is 2.40. The topological polar surface area (TPSA) is 6.48 Å². The van der Waals surface area contributed by atoms with E-state index in [1.165, 1.54) is 12.1 Å². The zero-order chi connectivity index (χ0) is 14.9. The van der Waals surface area contributed by atoms with Crippen molar-refractivity contribution in [2.75, 3.05) is 37.6 Å². The molecule has 0 aliphatic carbocycles. The van der Waals surface area contributed by atoms with Crippen LogP contribution in [0.2, 0.25) is 0 Å². The van der Waals surface area contributed by atoms with Gasteiger partial charge in [-0.25, -0.2) is 0 Å². The van der Waals surface area contributed by atoms with Crippen LogP contribution in [0.15, 0.2) is 12.1 Å². The lowest BCUT2D eigenvalue weighted by Crippen LogP contribution is -2.46. The summed E-state index contributed by atoms with van der Waals surface area (Å²) in [4.78, 5) is 4.38. The largest absolute Gasteiger partial charge is 0.416 e. The highest BCUT2D eigenvalue weighted by Gasteiger charge is 2.32. The normalized spacial score (nSPS) is 17.6. The number of piperazine rings is 1. The summed E-state index contributed by atoms with van der Waals surface area (Å²) < 4.78 is 38.8. The van der Waals surface area contributed by atoms with Crippen molar-refractivity contribution in [3.05, 3.63) is 28.8 Å². The Balaban J connectivity index is 2.29. The molecule has 0 N–H and O–H groups in total. The highest BCUT2D eigenvalue weighted by Crippen LogP contribution is 2.35. The van der Waals surface area contributed by atoms with Crippen LogP contribution in [-0.4, -0.2) is 37.6 Å². The van der Waals surface area contributed by atoms with Crippen LogP contribution in [-0.2, 0) is 6.18 Å². The first-order valence-corrected chi connectivity index (χ1v) is 6.98. The molecule has 1 aliphatic rings. The molecule has 0 atom stereocenters. The first-order chi connectivity index (χ1) is 9.32. The average molecular weight is 286 g/mol. The Morgan fingerprint density at radius 3 is 2.15 bits per heavy atom. The van der Waals surface area contributed by atoms with Crippen LogP contribution >= 0.6 is 0 Å². The van der Waals surface area contributed by atoms with E-state index in [1.807, 2.05) is 6.92 Å². The maximum absolute atomic E-state index is 12.9. The molecular weight excluding hydrogens is 265 g/mol. The summed E-state index contributed by atoms with van der Waals surface area (Å²) in [5.41, 5.74) is 1.83. The second-order valence-corrected chi connectivity index (χ2v) is 5.36. The van der Waals surface area contributed by atoms with Gasteiger partial charge >= 0.3 is 6.18 Å². The zero-order valence-electron chi connectivity index (χ0n) is 12.2. The fraction of sp³-hybridized carbons (Fsp3) is 0.600. The number of hydrogen-bond acceptors (Lipinski definition) is 2. The van der Waals surface area contributed by atoms with Crippen molar-refractivity contribution in [1.82, 2.24) is 4.90 Å². The van der Waals surface area contributed by atoms with E-state index >= 15 is 0 Å². The van der Waals surface area contributed by atoms with Crippen LogP contribution in [0.1, 0.15) is 23.6 Å². The number of alkyl halides is 3. The molecule has 0 spiro atoms. The number of aryl methyl sites for hydroxylation is 1. The van der Waals surface area contributed by atoms with E-state index in [2.05, 4.69) is 16.7 Å². The van der Waals surface area contributed by atoms with Gasteiger partial charge in [0.25, 0.3) is 0 Å². The Hall–Kier alpha value is -1.23. The predicted octanol–water partition coefficient (Wildman–Crippen LogP) is 3.46. The first-order valence-electron chi connectivity index (χ1n) is 6.98. The molecule has 0 amide bonds. The number of benzene rings is 1. The molecule has 2 rings (SSSR count). The lowest BCUT2D eigenvalue weighted by molar-refractivity contribution is -0.137. The van der Waals surface area contributed by atoms with Crippen LogP contribution in [0.3, 0.4) is 0 Å². The Morgan fingerprint density at radius 1 is 1.05 bits per heavy atom. The van der Waals surface area contributed by atoms with Crippen molar-refractivity contribution in [3.63, 3.8) is 0 Å². The van der Waals surface area contributed by atoms with Gasteiger partial charge in [-0.15, -0.1) is 0 Å². The number of likely N-dealkylation sites (N-methyl/N-ethyl adjacent to an activating group) is 1. The molecule has 1 aromatic rings. The number of anilines is 1. The molecule has 1 fully saturated rings. The molecule has 112 valence electrons. The van der Waals surface area contributed by atoms with Gasteiger partial charge in [0.1, 0.15) is 0 Å². The minimum absolute atomic E-state index is 0.548. The van der Waals surface area contributed by atoms with E-state index < -0.39 is 11.7 Å². The third-order valence-corrected chi connectivity index (χ3v) is 4.13. The summed E-state index contributed by atoms with van der Waals surface area (Å²) in [5.74, 6) is 0. The van der Waals surface area contributed by atoms with Crippen LogP contribution in [0.4, 0.5) is 18.9 Å². The molecule has 1 saturated heterocycles. The first kappa shape index (κ1) is 15.2. The van der Waals surface area contributed by atoms with E-state index in [0.717, 1.165) is 44.0 Å². The van der Waals surface area contributed by atoms with Gasteiger partial charge in [0.2, 0.25) is 0 Å². The summed E-state index contributed by atoms with van der Waals surface area (Å²) in [6, 6.07) is 2.53. The molecule has 0 saturated carbocycles. The monoisotopic (exact) mass is 286 g/mol. The van der Waals surface area contributed by atoms with Crippen LogP contribution < -0.4 is 4.90 Å². The molecule has 0 radical (unpaired) electrons. The second-order valence-electron chi connectivity index (χ2n) is 5.36. The van der Waals surface area contributed by atoms with Gasteiger partial charge in [0.05, 0.1) is 5.56 Å². The maximum atomic E-state index is 12.9. The van der Waals surface area contributed by atoms with Crippen molar-refractivity contribution in [3.8, 4) is 0 Å². The molecule has 1 aliphatic heterocycles. The van der Waals surface area contributed by atoms with Crippen LogP contribution in [0, 0.1) is 13.8 Å². The summed E-state index contributed by atoms with van der Waals surface area (Å²) in [7, 11) is 0. The molecule has 1 aromatic carbocycles. The molecule has 0 unspecified atom stereocenters. The Morgan fingerprint density at radius 2 is 1.65 bits per heavy atom. The van der Waals surface area contributed by atoms with Crippen molar-refractivity contribution in [2.45, 2.75) is 26.9 Å². The van der Waals surface area contributed by atoms with E-state index in [9.17, 15) is 13.2 Å². The van der Waals surface area contributed by atoms with Crippen molar-refractivity contribution in [1.29, 1.82) is 0 Å². The van der Waals surface area contributed by atoms with Crippen molar-refractivity contribution >= 4 is 5.69 Å². The Bertz CT molecular complexity index is 475. The van der Waals surface area contributed by atoms with Gasteiger partial charge in [0.15, 0.2) is 0 Å². The summed E-state index contributed by atoms with van der Waals surface area (Å²) in [6.07, 6.45) is -4.28. The van der Waals surface area contributed by atoms with Gasteiger partial charge in [-0.1, -0.05) is 6.92 Å². The molecule has 1 heterocycles. The third kappa shape index (κ3) is 3.08. The quantitative estimate of drug-likeness (QED) is 0.821. The van der Waals surface area contributed by atoms with Crippen molar-refractivity contribution < 1.29 is 13.2 Å². The molecule has 5 heteroatoms. The van der Waals surface area contributed by atoms with Crippen molar-refractivity contribution in [2.24, 2.45) is 0 Å². The van der Waals surface area contributed by atoms with Crippen LogP contribution in [0.5, 0.6) is 0 Å². The lowest BCUT2D eigenvalue weighted by Gasteiger charge is -2.36.